The van der Waals surface area contributed by atoms with E-state index in [-0.39, 0.29) is 0 Å². The predicted molar refractivity (Wildman–Crippen MR) is 109 cm³/mol. The molecule has 2 N–H and O–H groups in total. The second kappa shape index (κ2) is 7.17. The minimum absolute atomic E-state index is 0.430. The molecule has 5 heterocycles. The van der Waals surface area contributed by atoms with Gasteiger partial charge in [-0.3, -0.25) is 9.67 Å². The molecule has 29 heavy (non-hydrogen) atoms. The molecule has 9 heteroatoms. The Hall–Kier alpha value is -3.46. The Morgan fingerprint density at radius 1 is 1.21 bits per heavy atom. The summed E-state index contributed by atoms with van der Waals surface area (Å²) >= 11 is 0. The van der Waals surface area contributed by atoms with Crippen LogP contribution in [0.15, 0.2) is 43.0 Å². The average Bonchev–Trinajstić information content (AvgIpc) is 3.24. The first-order valence-corrected chi connectivity index (χ1v) is 9.59. The lowest BCUT2D eigenvalue weighted by Gasteiger charge is -2.27. The van der Waals surface area contributed by atoms with Crippen molar-refractivity contribution in [2.75, 3.05) is 18.5 Å². The Labute approximate surface area is 167 Å². The molecule has 0 saturated carbocycles. The van der Waals surface area contributed by atoms with E-state index in [0.29, 0.717) is 24.3 Å². The van der Waals surface area contributed by atoms with Gasteiger partial charge in [0.05, 0.1) is 29.8 Å². The molecular weight excluding hydrogens is 368 g/mol. The first kappa shape index (κ1) is 17.6. The molecule has 5 rings (SSSR count). The molecule has 0 radical (unpaired) electrons. The number of rotatable bonds is 6. The number of nitrogens with one attached hydrogen (secondary N) is 2. The second-order valence-corrected chi connectivity index (χ2v) is 7.21. The Balaban J connectivity index is 1.41. The van der Waals surface area contributed by atoms with Crippen LogP contribution in [-0.2, 0) is 7.05 Å². The minimum Gasteiger partial charge on any atom is -0.488 e. The van der Waals surface area contributed by atoms with Gasteiger partial charge in [-0.1, -0.05) is 0 Å². The Morgan fingerprint density at radius 2 is 2.10 bits per heavy atom. The van der Waals surface area contributed by atoms with Crippen LogP contribution < -0.4 is 15.4 Å². The van der Waals surface area contributed by atoms with Crippen LogP contribution in [-0.4, -0.2) is 48.6 Å². The SMILES string of the molecule is Cc1cnc(Nc2cc3cc(-c4c(OC[C@H]5CCN5)cnn4C)ccn3n2)cn1. The summed E-state index contributed by atoms with van der Waals surface area (Å²) in [5.74, 6) is 2.15. The molecular formula is C20H22N8O. The van der Waals surface area contributed by atoms with Gasteiger partial charge in [0.15, 0.2) is 11.6 Å². The maximum absolute atomic E-state index is 6.03. The maximum Gasteiger partial charge on any atom is 0.165 e. The van der Waals surface area contributed by atoms with Gasteiger partial charge in [0.2, 0.25) is 0 Å². The number of hydrogen-bond donors (Lipinski definition) is 2. The zero-order valence-electron chi connectivity index (χ0n) is 16.3. The van der Waals surface area contributed by atoms with Gasteiger partial charge in [-0.2, -0.15) is 10.2 Å². The zero-order valence-corrected chi connectivity index (χ0v) is 16.3. The molecule has 1 aliphatic rings. The van der Waals surface area contributed by atoms with Gasteiger partial charge in [0, 0.05) is 30.9 Å². The molecule has 0 aromatic carbocycles. The lowest BCUT2D eigenvalue weighted by Crippen LogP contribution is -2.46. The maximum atomic E-state index is 6.03. The molecule has 0 amide bonds. The molecule has 1 saturated heterocycles. The Kier molecular flexibility index (Phi) is 4.36. The summed E-state index contributed by atoms with van der Waals surface area (Å²) < 4.78 is 9.69. The van der Waals surface area contributed by atoms with Crippen LogP contribution in [0.2, 0.25) is 0 Å². The fourth-order valence-corrected chi connectivity index (χ4v) is 3.32. The summed E-state index contributed by atoms with van der Waals surface area (Å²) in [5, 5.41) is 15.5. The third-order valence-corrected chi connectivity index (χ3v) is 5.04. The van der Waals surface area contributed by atoms with Crippen molar-refractivity contribution in [3.8, 4) is 17.0 Å². The Bertz CT molecular complexity index is 1140. The van der Waals surface area contributed by atoms with Gasteiger partial charge in [-0.15, -0.1) is 0 Å². The summed E-state index contributed by atoms with van der Waals surface area (Å²) in [6.45, 7) is 3.62. The highest BCUT2D eigenvalue weighted by Gasteiger charge is 2.19. The molecule has 0 bridgehead atoms. The summed E-state index contributed by atoms with van der Waals surface area (Å²) in [6.07, 6.45) is 8.28. The number of ether oxygens (including phenoxy) is 1. The molecule has 0 spiro atoms. The number of aryl methyl sites for hydroxylation is 2. The van der Waals surface area contributed by atoms with Crippen molar-refractivity contribution in [1.82, 2.24) is 34.7 Å². The first-order chi connectivity index (χ1) is 14.2. The van der Waals surface area contributed by atoms with Crippen LogP contribution in [0.1, 0.15) is 12.1 Å². The summed E-state index contributed by atoms with van der Waals surface area (Å²) in [5.41, 5.74) is 3.80. The highest BCUT2D eigenvalue weighted by atomic mass is 16.5. The standard InChI is InChI=1S/C20H22N8O/c1-13-9-23-19(11-22-13)25-18-8-16-7-14(4-6-28(16)26-18)20-17(10-24-27(20)2)29-12-15-3-5-21-15/h4,6-11,15,21H,3,5,12H2,1-2H3,(H,23,25,26)/t15-/m1/s1. The fraction of sp³-hybridized carbons (Fsp3) is 0.300. The van der Waals surface area contributed by atoms with Crippen LogP contribution in [0.5, 0.6) is 5.75 Å². The number of hydrogen-bond acceptors (Lipinski definition) is 7. The van der Waals surface area contributed by atoms with Gasteiger partial charge < -0.3 is 15.4 Å². The van der Waals surface area contributed by atoms with Crippen LogP contribution in [0.3, 0.4) is 0 Å². The van der Waals surface area contributed by atoms with E-state index < -0.39 is 0 Å². The van der Waals surface area contributed by atoms with Crippen molar-refractivity contribution in [2.24, 2.45) is 7.05 Å². The highest BCUT2D eigenvalue weighted by Crippen LogP contribution is 2.31. The van der Waals surface area contributed by atoms with Gasteiger partial charge in [0.1, 0.15) is 18.1 Å². The van der Waals surface area contributed by atoms with Crippen LogP contribution in [0, 0.1) is 6.92 Å². The number of anilines is 2. The molecule has 148 valence electrons. The second-order valence-electron chi connectivity index (χ2n) is 7.21. The first-order valence-electron chi connectivity index (χ1n) is 9.59. The molecule has 9 nitrogen and oxygen atoms in total. The lowest BCUT2D eigenvalue weighted by atomic mass is 10.1. The van der Waals surface area contributed by atoms with Crippen molar-refractivity contribution < 1.29 is 4.74 Å². The molecule has 4 aromatic heterocycles. The van der Waals surface area contributed by atoms with Gasteiger partial charge >= 0.3 is 0 Å². The van der Waals surface area contributed by atoms with Crippen molar-refractivity contribution in [3.05, 3.63) is 48.7 Å². The summed E-state index contributed by atoms with van der Waals surface area (Å²) in [4.78, 5) is 8.56. The van der Waals surface area contributed by atoms with Crippen LogP contribution in [0.4, 0.5) is 11.6 Å². The molecule has 0 unspecified atom stereocenters. The number of pyridine rings is 1. The molecule has 1 atom stereocenters. The normalized spacial score (nSPS) is 16.0. The molecule has 1 aliphatic heterocycles. The van der Waals surface area contributed by atoms with Crippen molar-refractivity contribution in [3.63, 3.8) is 0 Å². The Morgan fingerprint density at radius 3 is 2.86 bits per heavy atom. The highest BCUT2D eigenvalue weighted by molar-refractivity contribution is 5.72. The van der Waals surface area contributed by atoms with Crippen LogP contribution in [0.25, 0.3) is 16.8 Å². The van der Waals surface area contributed by atoms with Crippen molar-refractivity contribution >= 4 is 17.2 Å². The van der Waals surface area contributed by atoms with E-state index in [1.54, 1.807) is 18.6 Å². The average molecular weight is 390 g/mol. The predicted octanol–water partition coefficient (Wildman–Crippen LogP) is 2.32. The molecule has 0 aliphatic carbocycles. The molecule has 4 aromatic rings. The molecule has 1 fully saturated rings. The third kappa shape index (κ3) is 3.52. The third-order valence-electron chi connectivity index (χ3n) is 5.04. The van der Waals surface area contributed by atoms with E-state index in [1.807, 2.05) is 41.5 Å². The van der Waals surface area contributed by atoms with E-state index in [4.69, 9.17) is 4.74 Å². The van der Waals surface area contributed by atoms with Crippen molar-refractivity contribution in [1.29, 1.82) is 0 Å². The van der Waals surface area contributed by atoms with E-state index >= 15 is 0 Å². The van der Waals surface area contributed by atoms with E-state index in [2.05, 4.69) is 36.9 Å². The zero-order chi connectivity index (χ0) is 19.8. The largest absolute Gasteiger partial charge is 0.488 e. The fourth-order valence-electron chi connectivity index (χ4n) is 3.32. The van der Waals surface area contributed by atoms with Gasteiger partial charge in [-0.05, 0) is 32.0 Å². The summed E-state index contributed by atoms with van der Waals surface area (Å²) in [7, 11) is 1.92. The number of aromatic nitrogens is 6. The van der Waals surface area contributed by atoms with E-state index in [1.165, 1.54) is 0 Å². The van der Waals surface area contributed by atoms with Gasteiger partial charge in [0.25, 0.3) is 0 Å². The number of nitrogens with zero attached hydrogens (tertiary/aromatic N) is 6. The van der Waals surface area contributed by atoms with E-state index in [0.717, 1.165) is 41.2 Å². The monoisotopic (exact) mass is 390 g/mol. The lowest BCUT2D eigenvalue weighted by molar-refractivity contribution is 0.218. The van der Waals surface area contributed by atoms with Crippen LogP contribution >= 0.6 is 0 Å². The topological polar surface area (TPSA) is 94.2 Å². The van der Waals surface area contributed by atoms with Gasteiger partial charge in [-0.25, -0.2) is 9.50 Å². The quantitative estimate of drug-likeness (QED) is 0.522. The van der Waals surface area contributed by atoms with E-state index in [9.17, 15) is 0 Å². The number of fused-ring (bicyclic) bond motifs is 1. The smallest absolute Gasteiger partial charge is 0.165 e. The summed E-state index contributed by atoms with van der Waals surface area (Å²) in [6, 6.07) is 6.49. The minimum atomic E-state index is 0.430. The van der Waals surface area contributed by atoms with Crippen molar-refractivity contribution in [2.45, 2.75) is 19.4 Å².